The van der Waals surface area contributed by atoms with Gasteiger partial charge in [0.1, 0.15) is 5.92 Å². The van der Waals surface area contributed by atoms with Crippen molar-refractivity contribution in [2.45, 2.75) is 26.2 Å². The fourth-order valence-corrected chi connectivity index (χ4v) is 1.76. The zero-order chi connectivity index (χ0) is 10.6. The summed E-state index contributed by atoms with van der Waals surface area (Å²) in [6.45, 7) is 5.76. The lowest BCUT2D eigenvalue weighted by molar-refractivity contribution is -0.118. The molecule has 0 N–H and O–H groups in total. The average molecular weight is 189 g/mol. The second-order valence-electron chi connectivity index (χ2n) is 4.10. The van der Waals surface area contributed by atoms with Crippen molar-refractivity contribution in [1.82, 2.24) is 0 Å². The number of nitriles is 1. The van der Waals surface area contributed by atoms with E-state index < -0.39 is 5.92 Å². The molecule has 0 amide bonds. The molecule has 0 saturated carbocycles. The number of allylic oxidation sites excluding steroid dienone is 3. The second kappa shape index (κ2) is 4.23. The van der Waals surface area contributed by atoms with E-state index in [2.05, 4.69) is 19.6 Å². The van der Waals surface area contributed by atoms with Crippen LogP contribution in [0.25, 0.3) is 0 Å². The van der Waals surface area contributed by atoms with E-state index in [0.717, 1.165) is 12.8 Å². The van der Waals surface area contributed by atoms with Gasteiger partial charge in [0.25, 0.3) is 0 Å². The maximum atomic E-state index is 11.3. The minimum absolute atomic E-state index is 0.0114. The van der Waals surface area contributed by atoms with Gasteiger partial charge < -0.3 is 0 Å². The number of rotatable bonds is 3. The van der Waals surface area contributed by atoms with Crippen LogP contribution in [0.4, 0.5) is 0 Å². The van der Waals surface area contributed by atoms with Crippen molar-refractivity contribution in [2.75, 3.05) is 0 Å². The first-order valence-electron chi connectivity index (χ1n) is 4.85. The molecular formula is C12H15NO. The molecule has 2 heteroatoms. The molecule has 1 aliphatic rings. The molecule has 0 aliphatic heterocycles. The van der Waals surface area contributed by atoms with E-state index >= 15 is 0 Å². The summed E-state index contributed by atoms with van der Waals surface area (Å²) in [7, 11) is 0. The molecule has 0 aromatic heterocycles. The van der Waals surface area contributed by atoms with E-state index in [0.29, 0.717) is 6.42 Å². The normalized spacial score (nSPS) is 31.1. The number of ketones is 1. The van der Waals surface area contributed by atoms with Crippen molar-refractivity contribution in [3.05, 3.63) is 24.8 Å². The van der Waals surface area contributed by atoms with Crippen LogP contribution in [0, 0.1) is 22.7 Å². The van der Waals surface area contributed by atoms with Gasteiger partial charge in [-0.15, -0.1) is 6.58 Å². The minimum Gasteiger partial charge on any atom is -0.293 e. The molecule has 2 nitrogen and oxygen atoms in total. The van der Waals surface area contributed by atoms with Gasteiger partial charge in [-0.05, 0) is 30.8 Å². The molecule has 2 atom stereocenters. The Morgan fingerprint density at radius 2 is 2.57 bits per heavy atom. The van der Waals surface area contributed by atoms with E-state index in [9.17, 15) is 4.79 Å². The van der Waals surface area contributed by atoms with Gasteiger partial charge >= 0.3 is 0 Å². The van der Waals surface area contributed by atoms with Crippen molar-refractivity contribution in [3.8, 4) is 6.07 Å². The quantitative estimate of drug-likeness (QED) is 0.640. The number of carbonyl (C=O) groups excluding carboxylic acids is 1. The zero-order valence-electron chi connectivity index (χ0n) is 8.49. The third kappa shape index (κ3) is 2.32. The first kappa shape index (κ1) is 10.7. The van der Waals surface area contributed by atoms with Crippen LogP contribution in [0.1, 0.15) is 26.2 Å². The first-order chi connectivity index (χ1) is 6.61. The lowest BCUT2D eigenvalue weighted by Crippen LogP contribution is -2.26. The van der Waals surface area contributed by atoms with E-state index in [1.165, 1.54) is 0 Å². The van der Waals surface area contributed by atoms with Gasteiger partial charge in [-0.2, -0.15) is 5.26 Å². The summed E-state index contributed by atoms with van der Waals surface area (Å²) >= 11 is 0. The highest BCUT2D eigenvalue weighted by Gasteiger charge is 2.32. The van der Waals surface area contributed by atoms with Crippen molar-refractivity contribution < 1.29 is 4.79 Å². The molecule has 0 bridgehead atoms. The Morgan fingerprint density at radius 3 is 3.14 bits per heavy atom. The van der Waals surface area contributed by atoms with Gasteiger partial charge in [-0.3, -0.25) is 4.79 Å². The van der Waals surface area contributed by atoms with E-state index in [4.69, 9.17) is 5.26 Å². The van der Waals surface area contributed by atoms with Crippen molar-refractivity contribution in [3.63, 3.8) is 0 Å². The molecule has 0 aromatic carbocycles. The molecule has 0 fully saturated rings. The Morgan fingerprint density at radius 1 is 1.86 bits per heavy atom. The highest BCUT2D eigenvalue weighted by Crippen LogP contribution is 2.36. The zero-order valence-corrected chi connectivity index (χ0v) is 8.49. The topological polar surface area (TPSA) is 40.9 Å². The number of hydrogen-bond donors (Lipinski definition) is 0. The van der Waals surface area contributed by atoms with Crippen molar-refractivity contribution >= 4 is 5.78 Å². The van der Waals surface area contributed by atoms with Crippen LogP contribution in [0.5, 0.6) is 0 Å². The molecule has 0 radical (unpaired) electrons. The summed E-state index contributed by atoms with van der Waals surface area (Å²) in [5.41, 5.74) is -0.0114. The van der Waals surface area contributed by atoms with Gasteiger partial charge in [-0.1, -0.05) is 19.1 Å². The Hall–Kier alpha value is -1.36. The van der Waals surface area contributed by atoms with E-state index in [1.807, 2.05) is 12.2 Å². The molecule has 0 spiro atoms. The predicted octanol–water partition coefficient (Wildman–Crippen LogP) is 2.63. The maximum Gasteiger partial charge on any atom is 0.172 e. The van der Waals surface area contributed by atoms with Crippen LogP contribution in [-0.2, 0) is 4.79 Å². The Labute approximate surface area is 84.9 Å². The summed E-state index contributed by atoms with van der Waals surface area (Å²) < 4.78 is 0. The standard InChI is InChI=1S/C12H15NO/c1-3-4-6-12(2)7-5-11(14)10(8-12)9-13/h3,5,7,10H,1,4,6,8H2,2H3. The van der Waals surface area contributed by atoms with Gasteiger partial charge in [0.2, 0.25) is 0 Å². The average Bonchev–Trinajstić information content (AvgIpc) is 2.19. The Balaban J connectivity index is 2.74. The lowest BCUT2D eigenvalue weighted by atomic mass is 9.73. The summed E-state index contributed by atoms with van der Waals surface area (Å²) in [6, 6.07) is 2.06. The molecule has 1 aliphatic carbocycles. The SMILES string of the molecule is C=CCCC1(C)C=CC(=O)C(C#N)C1. The van der Waals surface area contributed by atoms with Gasteiger partial charge in [0.05, 0.1) is 6.07 Å². The molecule has 74 valence electrons. The number of nitrogens with zero attached hydrogens (tertiary/aromatic N) is 1. The highest BCUT2D eigenvalue weighted by molar-refractivity contribution is 5.94. The van der Waals surface area contributed by atoms with E-state index in [1.54, 1.807) is 6.08 Å². The highest BCUT2D eigenvalue weighted by atomic mass is 16.1. The fraction of sp³-hybridized carbons (Fsp3) is 0.500. The van der Waals surface area contributed by atoms with Gasteiger partial charge in [0, 0.05) is 0 Å². The Bertz CT molecular complexity index is 311. The fourth-order valence-electron chi connectivity index (χ4n) is 1.76. The van der Waals surface area contributed by atoms with Crippen molar-refractivity contribution in [1.29, 1.82) is 5.26 Å². The van der Waals surface area contributed by atoms with Crippen LogP contribution in [0.3, 0.4) is 0 Å². The van der Waals surface area contributed by atoms with Crippen LogP contribution in [-0.4, -0.2) is 5.78 Å². The smallest absolute Gasteiger partial charge is 0.172 e. The molecule has 0 aromatic rings. The molecule has 1 rings (SSSR count). The molecule has 2 unspecified atom stereocenters. The van der Waals surface area contributed by atoms with Crippen molar-refractivity contribution in [2.24, 2.45) is 11.3 Å². The Kier molecular flexibility index (Phi) is 3.24. The van der Waals surface area contributed by atoms with Crippen LogP contribution in [0.15, 0.2) is 24.8 Å². The number of hydrogen-bond acceptors (Lipinski definition) is 2. The summed E-state index contributed by atoms with van der Waals surface area (Å²) in [5.74, 6) is -0.501. The molecule has 14 heavy (non-hydrogen) atoms. The summed E-state index contributed by atoms with van der Waals surface area (Å²) in [5, 5.41) is 8.79. The summed E-state index contributed by atoms with van der Waals surface area (Å²) in [6.07, 6.45) is 7.89. The lowest BCUT2D eigenvalue weighted by Gasteiger charge is -2.30. The third-order valence-corrected chi connectivity index (χ3v) is 2.74. The largest absolute Gasteiger partial charge is 0.293 e. The van der Waals surface area contributed by atoms with Crippen LogP contribution in [0.2, 0.25) is 0 Å². The molecular weight excluding hydrogens is 174 g/mol. The number of carbonyl (C=O) groups is 1. The molecule has 0 heterocycles. The first-order valence-corrected chi connectivity index (χ1v) is 4.85. The maximum absolute atomic E-state index is 11.3. The minimum atomic E-state index is -0.449. The van der Waals surface area contributed by atoms with Gasteiger partial charge in [0.15, 0.2) is 5.78 Å². The second-order valence-corrected chi connectivity index (χ2v) is 4.10. The predicted molar refractivity (Wildman–Crippen MR) is 55.4 cm³/mol. The monoisotopic (exact) mass is 189 g/mol. The molecule has 0 saturated heterocycles. The van der Waals surface area contributed by atoms with Crippen LogP contribution < -0.4 is 0 Å². The third-order valence-electron chi connectivity index (χ3n) is 2.74. The van der Waals surface area contributed by atoms with Crippen LogP contribution >= 0.6 is 0 Å². The van der Waals surface area contributed by atoms with E-state index in [-0.39, 0.29) is 11.2 Å². The van der Waals surface area contributed by atoms with Gasteiger partial charge in [-0.25, -0.2) is 0 Å². The summed E-state index contributed by atoms with van der Waals surface area (Å²) in [4.78, 5) is 11.3.